The molecule has 1 saturated carbocycles. The molecule has 1 aliphatic rings. The number of primary amides is 1. The van der Waals surface area contributed by atoms with Crippen LogP contribution in [0.3, 0.4) is 0 Å². The number of aliphatic imine (C=N–C) groups is 1. The molecule has 0 spiro atoms. The minimum absolute atomic E-state index is 0.0405. The van der Waals surface area contributed by atoms with Crippen molar-refractivity contribution in [2.45, 2.75) is 152 Å². The smallest absolute Gasteiger partial charge is 0.244 e. The Balaban J connectivity index is 1.44. The molecule has 0 unspecified atom stereocenters. The Morgan fingerprint density at radius 3 is 1.72 bits per heavy atom. The van der Waals surface area contributed by atoms with Crippen molar-refractivity contribution < 1.29 is 43.2 Å². The number of guanidine groups is 1. The Hall–Kier alpha value is -7.61. The first-order chi connectivity index (χ1) is 38.9. The predicted molar refractivity (Wildman–Crippen MR) is 313 cm³/mol. The predicted octanol–water partition coefficient (Wildman–Crippen LogP) is 0.376. The number of rotatable bonds is 33. The summed E-state index contributed by atoms with van der Waals surface area (Å²) in [6, 6.07) is 6.21. The van der Waals surface area contributed by atoms with E-state index in [0.29, 0.717) is 29.7 Å². The van der Waals surface area contributed by atoms with E-state index in [1.807, 2.05) is 31.2 Å². The minimum Gasteiger partial charge on any atom is -0.370 e. The number of carbonyl (C=O) groups excluding carboxylic acids is 9. The molecule has 0 bridgehead atoms. The number of fused-ring (bicyclic) bond motifs is 1. The number of thiol groups is 2. The molecule has 2 aromatic carbocycles. The third-order valence-electron chi connectivity index (χ3n) is 14.0. The topological polar surface area (TPSA) is 385 Å². The summed E-state index contributed by atoms with van der Waals surface area (Å²) >= 11 is 8.53. The number of hydrogen-bond acceptors (Lipinski definition) is 13. The molecule has 81 heavy (non-hydrogen) atoms. The normalized spacial score (nSPS) is 15.4. The van der Waals surface area contributed by atoms with E-state index in [2.05, 4.69) is 87.7 Å². The summed E-state index contributed by atoms with van der Waals surface area (Å²) in [5, 5.41) is 22.7. The fraction of sp³-hybridized carbons (Fsp3) is 0.509. The first kappa shape index (κ1) is 64.2. The molecular weight excluding hydrogens is 1080 g/mol. The monoisotopic (exact) mass is 1160 g/mol. The highest BCUT2D eigenvalue weighted by Gasteiger charge is 2.36. The zero-order valence-electron chi connectivity index (χ0n) is 45.8. The maximum absolute atomic E-state index is 14.8. The lowest BCUT2D eigenvalue weighted by Crippen LogP contribution is -2.61. The summed E-state index contributed by atoms with van der Waals surface area (Å²) in [7, 11) is 0. The Morgan fingerprint density at radius 2 is 1.12 bits per heavy atom. The van der Waals surface area contributed by atoms with Crippen LogP contribution in [0.25, 0.3) is 10.9 Å². The van der Waals surface area contributed by atoms with Crippen molar-refractivity contribution >= 4 is 95.3 Å². The summed E-state index contributed by atoms with van der Waals surface area (Å²) in [6.45, 7) is 3.30. The molecular formula is C55H79N15O9S2. The van der Waals surface area contributed by atoms with E-state index in [-0.39, 0.29) is 68.5 Å². The van der Waals surface area contributed by atoms with Crippen LogP contribution in [0.2, 0.25) is 0 Å². The Labute approximate surface area is 482 Å². The lowest BCUT2D eigenvalue weighted by atomic mass is 9.84. The zero-order chi connectivity index (χ0) is 58.8. The SMILES string of the molecule is CCCC[C@H](NC(C)=O)C(=O)N[C@@H](CS)C(=O)N[C@H](CC1CCCCC1)C(=O)N[C@@H](Cc1cnc[nH]1)C(=O)N[C@H](Cc1ccccc1)C(=O)N[C@@H](CCCN=C(N)N)C(=O)N[C@@H](Cc1c[nH]c2ccccc12)C(=O)N[C@@H](CS)C(N)=O. The van der Waals surface area contributed by atoms with Gasteiger partial charge in [0, 0.05) is 73.2 Å². The van der Waals surface area contributed by atoms with Crippen molar-refractivity contribution in [2.75, 3.05) is 18.1 Å². The maximum atomic E-state index is 14.8. The van der Waals surface area contributed by atoms with Crippen LogP contribution in [0.1, 0.15) is 101 Å². The van der Waals surface area contributed by atoms with Crippen LogP contribution in [-0.2, 0) is 62.4 Å². The Kier molecular flexibility index (Phi) is 26.3. The quantitative estimate of drug-likeness (QED) is 0.0133. The van der Waals surface area contributed by atoms with Gasteiger partial charge >= 0.3 is 0 Å². The molecule has 1 fully saturated rings. The van der Waals surface area contributed by atoms with Crippen LogP contribution in [0, 0.1) is 5.92 Å². The van der Waals surface area contributed by atoms with E-state index in [1.54, 1.807) is 36.5 Å². The second kappa shape index (κ2) is 33.2. The fourth-order valence-electron chi connectivity index (χ4n) is 9.60. The summed E-state index contributed by atoms with van der Waals surface area (Å²) < 4.78 is 0. The van der Waals surface area contributed by atoms with Crippen LogP contribution >= 0.6 is 25.3 Å². The van der Waals surface area contributed by atoms with E-state index in [9.17, 15) is 43.2 Å². The first-order valence-electron chi connectivity index (χ1n) is 27.4. The number of amides is 9. The molecule has 440 valence electrons. The number of nitrogens with one attached hydrogen (secondary N) is 10. The van der Waals surface area contributed by atoms with Gasteiger partial charge in [0.2, 0.25) is 53.2 Å². The van der Waals surface area contributed by atoms with Gasteiger partial charge in [0.15, 0.2) is 5.96 Å². The number of H-pyrrole nitrogens is 2. The number of nitrogens with zero attached hydrogens (tertiary/aromatic N) is 2. The van der Waals surface area contributed by atoms with Gasteiger partial charge in [-0.25, -0.2) is 4.98 Å². The van der Waals surface area contributed by atoms with Crippen LogP contribution in [0.4, 0.5) is 0 Å². The van der Waals surface area contributed by atoms with Gasteiger partial charge in [0.25, 0.3) is 0 Å². The Bertz CT molecular complexity index is 2750. The van der Waals surface area contributed by atoms with Crippen molar-refractivity contribution in [3.05, 3.63) is 90.1 Å². The molecule has 0 saturated heterocycles. The molecule has 2 heterocycles. The molecule has 1 aliphatic carbocycles. The van der Waals surface area contributed by atoms with Gasteiger partial charge in [-0.1, -0.05) is 100 Å². The summed E-state index contributed by atoms with van der Waals surface area (Å²) in [6.07, 6.45) is 10.8. The van der Waals surface area contributed by atoms with Gasteiger partial charge in [-0.05, 0) is 48.8 Å². The van der Waals surface area contributed by atoms with Gasteiger partial charge in [-0.15, -0.1) is 0 Å². The van der Waals surface area contributed by atoms with Gasteiger partial charge in [-0.2, -0.15) is 25.3 Å². The summed E-state index contributed by atoms with van der Waals surface area (Å²) in [5.41, 5.74) is 19.3. The van der Waals surface area contributed by atoms with E-state index >= 15 is 0 Å². The van der Waals surface area contributed by atoms with Crippen LogP contribution in [-0.4, -0.2) is 140 Å². The number of benzene rings is 2. The molecule has 0 aliphatic heterocycles. The van der Waals surface area contributed by atoms with Crippen molar-refractivity contribution in [1.82, 2.24) is 57.5 Å². The van der Waals surface area contributed by atoms with Crippen LogP contribution in [0.15, 0.2) is 78.3 Å². The number of hydrogen-bond donors (Lipinski definition) is 15. The highest BCUT2D eigenvalue weighted by Crippen LogP contribution is 2.28. The van der Waals surface area contributed by atoms with Crippen molar-refractivity contribution in [3.63, 3.8) is 0 Å². The van der Waals surface area contributed by atoms with E-state index in [1.165, 1.54) is 19.4 Å². The van der Waals surface area contributed by atoms with Crippen molar-refractivity contribution in [2.24, 2.45) is 28.1 Å². The van der Waals surface area contributed by atoms with Crippen LogP contribution in [0.5, 0.6) is 0 Å². The van der Waals surface area contributed by atoms with Gasteiger partial charge in [0.05, 0.1) is 6.33 Å². The molecule has 26 heteroatoms. The van der Waals surface area contributed by atoms with Crippen molar-refractivity contribution in [1.29, 1.82) is 0 Å². The number of nitrogens with two attached hydrogens (primary N) is 3. The second-order valence-corrected chi connectivity index (χ2v) is 21.0. The van der Waals surface area contributed by atoms with E-state index in [0.717, 1.165) is 49.4 Å². The molecule has 2 aromatic heterocycles. The molecule has 16 N–H and O–H groups in total. The Morgan fingerprint density at radius 1 is 0.605 bits per heavy atom. The largest absolute Gasteiger partial charge is 0.370 e. The molecule has 24 nitrogen and oxygen atoms in total. The van der Waals surface area contributed by atoms with E-state index in [4.69, 9.17) is 17.2 Å². The lowest BCUT2D eigenvalue weighted by molar-refractivity contribution is -0.136. The number of aromatic nitrogens is 3. The summed E-state index contributed by atoms with van der Waals surface area (Å²) in [5.74, 6) is -6.82. The number of imidazole rings is 1. The first-order valence-corrected chi connectivity index (χ1v) is 28.7. The molecule has 4 aromatic rings. The van der Waals surface area contributed by atoms with Gasteiger partial charge < -0.3 is 69.7 Å². The highest BCUT2D eigenvalue weighted by atomic mass is 32.1. The average Bonchev–Trinajstić information content (AvgIpc) is 4.23. The second-order valence-electron chi connectivity index (χ2n) is 20.3. The molecule has 0 radical (unpaired) electrons. The maximum Gasteiger partial charge on any atom is 0.244 e. The summed E-state index contributed by atoms with van der Waals surface area (Å²) in [4.78, 5) is 139. The van der Waals surface area contributed by atoms with E-state index < -0.39 is 101 Å². The molecule has 8 atom stereocenters. The number of carbonyl (C=O) groups is 9. The average molecular weight is 1160 g/mol. The molecule has 5 rings (SSSR count). The number of aromatic amines is 2. The lowest BCUT2D eigenvalue weighted by Gasteiger charge is -2.30. The van der Waals surface area contributed by atoms with Crippen molar-refractivity contribution in [3.8, 4) is 0 Å². The van der Waals surface area contributed by atoms with Gasteiger partial charge in [-0.3, -0.25) is 48.1 Å². The third-order valence-corrected chi connectivity index (χ3v) is 14.7. The number of unbranched alkanes of at least 4 members (excludes halogenated alkanes) is 1. The van der Waals surface area contributed by atoms with Gasteiger partial charge in [0.1, 0.15) is 48.3 Å². The fourth-order valence-corrected chi connectivity index (χ4v) is 10.1. The highest BCUT2D eigenvalue weighted by molar-refractivity contribution is 7.80. The molecule has 9 amide bonds. The van der Waals surface area contributed by atoms with Crippen LogP contribution < -0.4 is 59.7 Å². The third kappa shape index (κ3) is 21.1. The zero-order valence-corrected chi connectivity index (χ0v) is 47.6. The standard InChI is InChI=1S/C55H79N15O9S2/c1-3-4-19-39(63-32(2)71)48(73)70-46(30-81)54(79)66-42(24-34-16-9-6-10-17-34)51(76)68-44(26-36-28-59-31-62-36)53(78)65-41(23-33-14-7-5-8-15-33)50(75)64-40(21-13-22-60-55(57)58)49(74)67-43(52(77)69-45(29-80)47(56)72)25-35-27-61-38-20-12-11-18-37(35)38/h5,7-8,11-12,14-15,18,20,27-28,31,34,39-46,61,80-81H,3-4,6,9-10,13,16-17,19,21-26,29-30H2,1-2H3,(H2,56,72)(H,59,62)(H,63,71)(H,64,75)(H,65,78)(H,66,79)(H,67,74)(H,68,76)(H,69,77)(H,70,73)(H4,57,58,60)/t39-,40-,41+,42+,43-,44-,45-,46-/m0/s1. The number of para-hydroxylation sites is 1. The minimum atomic E-state index is -1.39.